The molecule has 0 fully saturated rings. The van der Waals surface area contributed by atoms with Crippen molar-refractivity contribution in [2.75, 3.05) is 13.6 Å². The highest BCUT2D eigenvalue weighted by molar-refractivity contribution is 7.16. The van der Waals surface area contributed by atoms with Gasteiger partial charge >= 0.3 is 0 Å². The van der Waals surface area contributed by atoms with Crippen LogP contribution in [0.5, 0.6) is 0 Å². The summed E-state index contributed by atoms with van der Waals surface area (Å²) in [6.45, 7) is 1.93. The van der Waals surface area contributed by atoms with Crippen molar-refractivity contribution in [2.45, 2.75) is 18.8 Å². The number of thiazole rings is 1. The number of halogens is 2. The van der Waals surface area contributed by atoms with Gasteiger partial charge in [-0.25, -0.2) is 4.98 Å². The van der Waals surface area contributed by atoms with E-state index < -0.39 is 0 Å². The van der Waals surface area contributed by atoms with Crippen molar-refractivity contribution >= 4 is 45.9 Å². The van der Waals surface area contributed by atoms with Gasteiger partial charge in [0.05, 0.1) is 20.9 Å². The summed E-state index contributed by atoms with van der Waals surface area (Å²) in [6.07, 6.45) is 0.969. The van der Waals surface area contributed by atoms with Gasteiger partial charge in [0.1, 0.15) is 0 Å². The molecule has 0 saturated heterocycles. The molecule has 0 unspecified atom stereocenters. The van der Waals surface area contributed by atoms with Crippen LogP contribution in [-0.2, 0) is 18.8 Å². The number of nitrogens with zero attached hydrogens (tertiary/aromatic N) is 2. The number of hydrogen-bond acceptors (Lipinski definition) is 4. The Hall–Kier alpha value is -0.130. The third-order valence-corrected chi connectivity index (χ3v) is 4.95. The SMILES string of the molecule is CN(CCc1nc(CCl)cs1)Cc1ccc(Cl)s1. The monoisotopic (exact) mass is 320 g/mol. The zero-order valence-corrected chi connectivity index (χ0v) is 13.2. The molecule has 2 aromatic rings. The molecule has 0 amide bonds. The molecule has 98 valence electrons. The van der Waals surface area contributed by atoms with Crippen molar-refractivity contribution < 1.29 is 0 Å². The average Bonchev–Trinajstić information content (AvgIpc) is 2.95. The highest BCUT2D eigenvalue weighted by Crippen LogP contribution is 2.22. The summed E-state index contributed by atoms with van der Waals surface area (Å²) in [7, 11) is 2.11. The highest BCUT2D eigenvalue weighted by atomic mass is 35.5. The second-order valence-electron chi connectivity index (χ2n) is 4.06. The largest absolute Gasteiger partial charge is 0.301 e. The summed E-state index contributed by atoms with van der Waals surface area (Å²) in [4.78, 5) is 8.03. The van der Waals surface area contributed by atoms with Crippen LogP contribution in [0.25, 0.3) is 0 Å². The Balaban J connectivity index is 1.79. The zero-order valence-electron chi connectivity index (χ0n) is 10.0. The van der Waals surface area contributed by atoms with Gasteiger partial charge in [-0.05, 0) is 19.2 Å². The maximum absolute atomic E-state index is 5.91. The predicted octanol–water partition coefficient (Wildman–Crippen LogP) is 4.27. The van der Waals surface area contributed by atoms with Crippen LogP contribution in [0.3, 0.4) is 0 Å². The molecular weight excluding hydrogens is 307 g/mol. The average molecular weight is 321 g/mol. The van der Waals surface area contributed by atoms with E-state index >= 15 is 0 Å². The molecule has 2 aromatic heterocycles. The standard InChI is InChI=1S/C12H14Cl2N2S2/c1-16(7-10-2-3-11(14)18-10)5-4-12-15-9(6-13)8-17-12/h2-3,8H,4-7H2,1H3. The quantitative estimate of drug-likeness (QED) is 0.739. The van der Waals surface area contributed by atoms with Gasteiger partial charge in [-0.1, -0.05) is 11.6 Å². The molecule has 2 nitrogen and oxygen atoms in total. The topological polar surface area (TPSA) is 16.1 Å². The Labute approximate surface area is 125 Å². The molecule has 6 heteroatoms. The van der Waals surface area contributed by atoms with Gasteiger partial charge < -0.3 is 4.90 Å². The first-order chi connectivity index (χ1) is 8.67. The lowest BCUT2D eigenvalue weighted by molar-refractivity contribution is 0.334. The van der Waals surface area contributed by atoms with E-state index in [0.717, 1.165) is 34.5 Å². The Morgan fingerprint density at radius 1 is 1.39 bits per heavy atom. The Kier molecular flexibility index (Phi) is 5.45. The first-order valence-electron chi connectivity index (χ1n) is 5.59. The highest BCUT2D eigenvalue weighted by Gasteiger charge is 2.06. The van der Waals surface area contributed by atoms with Crippen molar-refractivity contribution in [2.24, 2.45) is 0 Å². The van der Waals surface area contributed by atoms with Crippen molar-refractivity contribution in [3.63, 3.8) is 0 Å². The van der Waals surface area contributed by atoms with Gasteiger partial charge in [0, 0.05) is 29.8 Å². The number of hydrogen-bond donors (Lipinski definition) is 0. The van der Waals surface area contributed by atoms with Gasteiger partial charge in [-0.2, -0.15) is 0 Å². The summed E-state index contributed by atoms with van der Waals surface area (Å²) in [5.41, 5.74) is 0.976. The van der Waals surface area contributed by atoms with E-state index in [1.807, 2.05) is 11.4 Å². The Morgan fingerprint density at radius 3 is 2.83 bits per heavy atom. The molecule has 0 aliphatic carbocycles. The number of thiophene rings is 1. The van der Waals surface area contributed by atoms with Crippen LogP contribution in [0.2, 0.25) is 4.34 Å². The minimum Gasteiger partial charge on any atom is -0.301 e. The van der Waals surface area contributed by atoms with Crippen LogP contribution in [-0.4, -0.2) is 23.5 Å². The summed E-state index contributed by atoms with van der Waals surface area (Å²) in [6, 6.07) is 4.03. The molecular formula is C12H14Cl2N2S2. The maximum Gasteiger partial charge on any atom is 0.0941 e. The second-order valence-corrected chi connectivity index (χ2v) is 7.07. The molecule has 0 atom stereocenters. The van der Waals surface area contributed by atoms with Crippen LogP contribution in [0.4, 0.5) is 0 Å². The van der Waals surface area contributed by atoms with Crippen LogP contribution in [0, 0.1) is 0 Å². The smallest absolute Gasteiger partial charge is 0.0941 e. The molecule has 0 aliphatic heterocycles. The first kappa shape index (κ1) is 14.3. The molecule has 0 aromatic carbocycles. The third kappa shape index (κ3) is 4.21. The Bertz CT molecular complexity index is 496. The minimum atomic E-state index is 0.500. The fourth-order valence-corrected chi connectivity index (χ4v) is 3.78. The molecule has 18 heavy (non-hydrogen) atoms. The van der Waals surface area contributed by atoms with Crippen molar-refractivity contribution in [1.29, 1.82) is 0 Å². The fourth-order valence-electron chi connectivity index (χ4n) is 1.59. The molecule has 0 radical (unpaired) electrons. The zero-order chi connectivity index (χ0) is 13.0. The summed E-state index contributed by atoms with van der Waals surface area (Å²) >= 11 is 15.0. The van der Waals surface area contributed by atoms with Crippen LogP contribution >= 0.6 is 45.9 Å². The molecule has 2 heterocycles. The van der Waals surface area contributed by atoms with Crippen LogP contribution in [0.15, 0.2) is 17.5 Å². The minimum absolute atomic E-state index is 0.500. The molecule has 0 aliphatic rings. The maximum atomic E-state index is 5.91. The normalized spacial score (nSPS) is 11.3. The first-order valence-corrected chi connectivity index (χ1v) is 8.20. The number of likely N-dealkylation sites (N-methyl/N-ethyl adjacent to an activating group) is 1. The molecule has 0 spiro atoms. The van der Waals surface area contributed by atoms with Gasteiger partial charge in [0.25, 0.3) is 0 Å². The van der Waals surface area contributed by atoms with Crippen molar-refractivity contribution in [3.8, 4) is 0 Å². The molecule has 0 saturated carbocycles. The summed E-state index contributed by atoms with van der Waals surface area (Å²) < 4.78 is 0.852. The van der Waals surface area contributed by atoms with Crippen LogP contribution < -0.4 is 0 Å². The van der Waals surface area contributed by atoms with Crippen LogP contribution in [0.1, 0.15) is 15.6 Å². The molecule has 0 bridgehead atoms. The van der Waals surface area contributed by atoms with Crippen molar-refractivity contribution in [1.82, 2.24) is 9.88 Å². The van der Waals surface area contributed by atoms with E-state index in [1.54, 1.807) is 22.7 Å². The number of alkyl halides is 1. The van der Waals surface area contributed by atoms with E-state index in [4.69, 9.17) is 23.2 Å². The lowest BCUT2D eigenvalue weighted by Crippen LogP contribution is -2.20. The van der Waals surface area contributed by atoms with E-state index in [-0.39, 0.29) is 0 Å². The Morgan fingerprint density at radius 2 is 2.22 bits per heavy atom. The van der Waals surface area contributed by atoms with E-state index in [9.17, 15) is 0 Å². The summed E-state index contributed by atoms with van der Waals surface area (Å²) in [5.74, 6) is 0.500. The van der Waals surface area contributed by atoms with Gasteiger partial charge in [-0.3, -0.25) is 0 Å². The molecule has 0 N–H and O–H groups in total. The van der Waals surface area contributed by atoms with Crippen molar-refractivity contribution in [3.05, 3.63) is 37.4 Å². The predicted molar refractivity (Wildman–Crippen MR) is 81.0 cm³/mol. The summed E-state index contributed by atoms with van der Waals surface area (Å²) in [5, 5.41) is 3.18. The van der Waals surface area contributed by atoms with E-state index in [1.165, 1.54) is 4.88 Å². The lowest BCUT2D eigenvalue weighted by atomic mass is 10.3. The second kappa shape index (κ2) is 6.87. The van der Waals surface area contributed by atoms with E-state index in [0.29, 0.717) is 5.88 Å². The number of aromatic nitrogens is 1. The van der Waals surface area contributed by atoms with Gasteiger partial charge in [0.2, 0.25) is 0 Å². The third-order valence-electron chi connectivity index (χ3n) is 2.50. The van der Waals surface area contributed by atoms with Gasteiger partial charge in [-0.15, -0.1) is 34.3 Å². The molecule has 2 rings (SSSR count). The fraction of sp³-hybridized carbons (Fsp3) is 0.417. The van der Waals surface area contributed by atoms with Gasteiger partial charge in [0.15, 0.2) is 0 Å². The lowest BCUT2D eigenvalue weighted by Gasteiger charge is -2.14. The van der Waals surface area contributed by atoms with E-state index in [2.05, 4.69) is 23.0 Å². The number of rotatable bonds is 6.